The summed E-state index contributed by atoms with van der Waals surface area (Å²) in [5, 5.41) is 5.20. The first-order valence-electron chi connectivity index (χ1n) is 13.4. The van der Waals surface area contributed by atoms with Crippen molar-refractivity contribution in [3.63, 3.8) is 0 Å². The molecule has 218 valence electrons. The number of aryl methyl sites for hydroxylation is 3. The van der Waals surface area contributed by atoms with Crippen LogP contribution in [-0.2, 0) is 4.79 Å². The normalized spacial score (nSPS) is 15.3. The highest BCUT2D eigenvalue weighted by Crippen LogP contribution is 2.33. The molecule has 4 aromatic rings. The van der Waals surface area contributed by atoms with E-state index in [1.807, 2.05) is 31.2 Å². The van der Waals surface area contributed by atoms with E-state index in [0.29, 0.717) is 11.5 Å². The summed E-state index contributed by atoms with van der Waals surface area (Å²) in [5.74, 6) is 0.846. The highest BCUT2D eigenvalue weighted by atomic mass is 32.2. The number of nitrogens with zero attached hydrogens (tertiary/aromatic N) is 5. The molecule has 42 heavy (non-hydrogen) atoms. The summed E-state index contributed by atoms with van der Waals surface area (Å²) in [7, 11) is 0. The molecule has 0 spiro atoms. The minimum atomic E-state index is -4.75. The Bertz CT molecular complexity index is 1590. The molecule has 11 heteroatoms. The summed E-state index contributed by atoms with van der Waals surface area (Å²) < 4.78 is 42.6. The van der Waals surface area contributed by atoms with Crippen molar-refractivity contribution < 1.29 is 22.7 Å². The summed E-state index contributed by atoms with van der Waals surface area (Å²) >= 11 is 1.61. The van der Waals surface area contributed by atoms with Crippen LogP contribution in [0.2, 0.25) is 0 Å². The number of thioether (sulfide) groups is 1. The quantitative estimate of drug-likeness (QED) is 0.223. The van der Waals surface area contributed by atoms with Gasteiger partial charge in [-0.1, -0.05) is 60.6 Å². The van der Waals surface area contributed by atoms with Crippen LogP contribution in [-0.4, -0.2) is 44.5 Å². The molecular formula is C31H30F3N5O2S. The Hall–Kier alpha value is -4.12. The van der Waals surface area contributed by atoms with Gasteiger partial charge in [0.2, 0.25) is 5.91 Å². The van der Waals surface area contributed by atoms with Crippen LogP contribution in [0.25, 0.3) is 17.1 Å². The summed E-state index contributed by atoms with van der Waals surface area (Å²) in [5.41, 5.74) is 7.01. The molecule has 7 nitrogen and oxygen atoms in total. The number of ether oxygens (including phenoxy) is 1. The van der Waals surface area contributed by atoms with E-state index in [0.717, 1.165) is 34.3 Å². The number of halogens is 3. The standard InChI is InChI=1S/C31H30F3N5O2S/c1-19-15-21(3)28(22(4)16-19)38-13-14-42-30(38)36-27(40)17-20(2)23-5-7-24(8-6-23)29-35-18-39(37-29)25-9-11-26(12-10-25)41-31(32,33)34/h5-12,15-16,18,20H,13-14,17H2,1-4H3. The van der Waals surface area contributed by atoms with Crippen LogP contribution in [0.3, 0.4) is 0 Å². The third kappa shape index (κ3) is 6.84. The molecule has 5 rings (SSSR count). The smallest absolute Gasteiger partial charge is 0.406 e. The van der Waals surface area contributed by atoms with Gasteiger partial charge in [-0.25, -0.2) is 9.67 Å². The minimum absolute atomic E-state index is 0.0402. The third-order valence-electron chi connectivity index (χ3n) is 6.95. The first-order chi connectivity index (χ1) is 20.0. The van der Waals surface area contributed by atoms with Crippen LogP contribution in [0, 0.1) is 20.8 Å². The molecule has 0 saturated carbocycles. The van der Waals surface area contributed by atoms with Gasteiger partial charge in [0, 0.05) is 30.0 Å². The number of amidine groups is 1. The van der Waals surface area contributed by atoms with Gasteiger partial charge >= 0.3 is 6.36 Å². The van der Waals surface area contributed by atoms with Crippen LogP contribution >= 0.6 is 11.8 Å². The molecule has 3 aromatic carbocycles. The Morgan fingerprint density at radius 1 is 1.05 bits per heavy atom. The number of benzene rings is 3. The molecular weight excluding hydrogens is 563 g/mol. The predicted octanol–water partition coefficient (Wildman–Crippen LogP) is 7.39. The van der Waals surface area contributed by atoms with E-state index in [1.54, 1.807) is 11.8 Å². The Morgan fingerprint density at radius 2 is 1.71 bits per heavy atom. The van der Waals surface area contributed by atoms with Gasteiger partial charge < -0.3 is 9.64 Å². The molecule has 1 aromatic heterocycles. The van der Waals surface area contributed by atoms with Gasteiger partial charge in [0.15, 0.2) is 11.0 Å². The summed E-state index contributed by atoms with van der Waals surface area (Å²) in [4.78, 5) is 24.0. The number of amides is 1. The van der Waals surface area contributed by atoms with E-state index in [-0.39, 0.29) is 24.0 Å². The van der Waals surface area contributed by atoms with Crippen molar-refractivity contribution in [1.29, 1.82) is 0 Å². The number of hydrogen-bond donors (Lipinski definition) is 0. The predicted molar refractivity (Wildman–Crippen MR) is 159 cm³/mol. The molecule has 0 aliphatic carbocycles. The third-order valence-corrected chi connectivity index (χ3v) is 7.90. The molecule has 1 unspecified atom stereocenters. The lowest BCUT2D eigenvalue weighted by Crippen LogP contribution is -2.26. The number of alkyl halides is 3. The fourth-order valence-electron chi connectivity index (χ4n) is 5.11. The van der Waals surface area contributed by atoms with Crippen molar-refractivity contribution in [3.8, 4) is 22.8 Å². The van der Waals surface area contributed by atoms with Crippen molar-refractivity contribution >= 4 is 28.5 Å². The molecule has 1 fully saturated rings. The number of aromatic nitrogens is 3. The van der Waals surface area contributed by atoms with Gasteiger partial charge in [0.25, 0.3) is 0 Å². The zero-order valence-corrected chi connectivity index (χ0v) is 24.5. The minimum Gasteiger partial charge on any atom is -0.406 e. The average molecular weight is 594 g/mol. The molecule has 1 aliphatic heterocycles. The maximum atomic E-state index is 13.0. The van der Waals surface area contributed by atoms with E-state index in [2.05, 4.69) is 57.6 Å². The van der Waals surface area contributed by atoms with E-state index in [9.17, 15) is 18.0 Å². The van der Waals surface area contributed by atoms with Gasteiger partial charge in [0.1, 0.15) is 12.1 Å². The number of rotatable bonds is 7. The van der Waals surface area contributed by atoms with E-state index in [4.69, 9.17) is 0 Å². The lowest BCUT2D eigenvalue weighted by atomic mass is 9.96. The molecule has 2 heterocycles. The highest BCUT2D eigenvalue weighted by molar-refractivity contribution is 8.14. The fourth-order valence-corrected chi connectivity index (χ4v) is 6.07. The average Bonchev–Trinajstić information content (AvgIpc) is 3.58. The first kappa shape index (κ1) is 29.4. The van der Waals surface area contributed by atoms with Crippen molar-refractivity contribution in [2.75, 3.05) is 17.2 Å². The molecule has 0 bridgehead atoms. The fraction of sp³-hybridized carbons (Fsp3) is 0.290. The second kappa shape index (κ2) is 12.0. The van der Waals surface area contributed by atoms with Crippen LogP contribution in [0.4, 0.5) is 18.9 Å². The van der Waals surface area contributed by atoms with E-state index >= 15 is 0 Å². The van der Waals surface area contributed by atoms with Crippen molar-refractivity contribution in [2.24, 2.45) is 4.99 Å². The summed E-state index contributed by atoms with van der Waals surface area (Å²) in [6.45, 7) is 9.09. The van der Waals surface area contributed by atoms with Gasteiger partial charge in [-0.05, 0) is 67.6 Å². The Kier molecular flexibility index (Phi) is 8.40. The van der Waals surface area contributed by atoms with E-state index in [1.165, 1.54) is 52.0 Å². The van der Waals surface area contributed by atoms with Crippen LogP contribution in [0.15, 0.2) is 72.0 Å². The van der Waals surface area contributed by atoms with Crippen molar-refractivity contribution in [2.45, 2.75) is 46.4 Å². The van der Waals surface area contributed by atoms with Crippen molar-refractivity contribution in [3.05, 3.63) is 89.2 Å². The van der Waals surface area contributed by atoms with Crippen LogP contribution < -0.4 is 9.64 Å². The van der Waals surface area contributed by atoms with E-state index < -0.39 is 6.36 Å². The zero-order valence-electron chi connectivity index (χ0n) is 23.6. The number of anilines is 1. The molecule has 1 saturated heterocycles. The molecule has 1 atom stereocenters. The Labute approximate surface area is 246 Å². The van der Waals surface area contributed by atoms with Crippen LogP contribution in [0.5, 0.6) is 5.75 Å². The number of carbonyl (C=O) groups is 1. The second-order valence-corrected chi connectivity index (χ2v) is 11.4. The van der Waals surface area contributed by atoms with Crippen molar-refractivity contribution in [1.82, 2.24) is 14.8 Å². The largest absolute Gasteiger partial charge is 0.573 e. The molecule has 0 radical (unpaired) electrons. The Morgan fingerprint density at radius 3 is 2.36 bits per heavy atom. The summed E-state index contributed by atoms with van der Waals surface area (Å²) in [6.07, 6.45) is -2.97. The maximum absolute atomic E-state index is 13.0. The molecule has 0 N–H and O–H groups in total. The first-order valence-corrected chi connectivity index (χ1v) is 14.4. The molecule has 1 amide bonds. The lowest BCUT2D eigenvalue weighted by molar-refractivity contribution is -0.274. The van der Waals surface area contributed by atoms with Gasteiger partial charge in [-0.15, -0.1) is 18.3 Å². The molecule has 1 aliphatic rings. The van der Waals surface area contributed by atoms with Gasteiger partial charge in [-0.3, -0.25) is 4.79 Å². The topological polar surface area (TPSA) is 72.6 Å². The Balaban J connectivity index is 1.23. The number of hydrogen-bond acceptors (Lipinski definition) is 5. The number of aliphatic imine (C=N–C) groups is 1. The maximum Gasteiger partial charge on any atom is 0.573 e. The highest BCUT2D eigenvalue weighted by Gasteiger charge is 2.31. The lowest BCUT2D eigenvalue weighted by Gasteiger charge is -2.23. The SMILES string of the molecule is Cc1cc(C)c(N2CCSC2=NC(=O)CC(C)c2ccc(-c3ncn(-c4ccc(OC(F)(F)F)cc4)n3)cc2)c(C)c1. The summed E-state index contributed by atoms with van der Waals surface area (Å²) in [6, 6.07) is 17.4. The monoisotopic (exact) mass is 593 g/mol. The van der Waals surface area contributed by atoms with Gasteiger partial charge in [-0.2, -0.15) is 4.99 Å². The van der Waals surface area contributed by atoms with Crippen LogP contribution in [0.1, 0.15) is 41.5 Å². The second-order valence-electron chi connectivity index (χ2n) is 10.3. The number of carbonyl (C=O) groups excluding carboxylic acids is 1. The van der Waals surface area contributed by atoms with Gasteiger partial charge in [0.05, 0.1) is 5.69 Å². The zero-order chi connectivity index (χ0) is 30.0.